The van der Waals surface area contributed by atoms with Gasteiger partial charge in [-0.15, -0.1) is 0 Å². The monoisotopic (exact) mass is 367 g/mol. The summed E-state index contributed by atoms with van der Waals surface area (Å²) in [6, 6.07) is 11.0. The molecule has 0 saturated heterocycles. The Morgan fingerprint density at radius 2 is 1.96 bits per heavy atom. The maximum absolute atomic E-state index is 12.2. The lowest BCUT2D eigenvalue weighted by Crippen LogP contribution is -2.30. The third-order valence-corrected chi connectivity index (χ3v) is 4.22. The molecule has 0 bridgehead atoms. The first-order chi connectivity index (χ1) is 13.0. The molecule has 3 rings (SSSR count). The summed E-state index contributed by atoms with van der Waals surface area (Å²) in [7, 11) is 1.85. The minimum Gasteiger partial charge on any atom is -0.460 e. The van der Waals surface area contributed by atoms with E-state index in [0.717, 1.165) is 22.5 Å². The Morgan fingerprint density at radius 3 is 2.63 bits per heavy atom. The molecule has 2 N–H and O–H groups in total. The minimum atomic E-state index is -0.508. The van der Waals surface area contributed by atoms with E-state index in [9.17, 15) is 9.59 Å². The SMILES string of the molecule is Cc1nn(C)c(C)c1-c1cc(C(=O)NCC(=O)OCc2ccccc2)[nH]n1. The largest absolute Gasteiger partial charge is 0.460 e. The smallest absolute Gasteiger partial charge is 0.325 e. The summed E-state index contributed by atoms with van der Waals surface area (Å²) < 4.78 is 6.90. The zero-order valence-corrected chi connectivity index (χ0v) is 15.4. The summed E-state index contributed by atoms with van der Waals surface area (Å²) in [5.41, 5.74) is 4.46. The Morgan fingerprint density at radius 1 is 1.22 bits per heavy atom. The van der Waals surface area contributed by atoms with Crippen LogP contribution in [0.5, 0.6) is 0 Å². The Kier molecular flexibility index (Phi) is 5.35. The van der Waals surface area contributed by atoms with Gasteiger partial charge in [0.15, 0.2) is 0 Å². The summed E-state index contributed by atoms with van der Waals surface area (Å²) in [5.74, 6) is -0.935. The van der Waals surface area contributed by atoms with Crippen molar-refractivity contribution in [2.75, 3.05) is 6.54 Å². The molecule has 0 aliphatic carbocycles. The van der Waals surface area contributed by atoms with E-state index in [0.29, 0.717) is 5.69 Å². The van der Waals surface area contributed by atoms with E-state index in [1.165, 1.54) is 0 Å². The van der Waals surface area contributed by atoms with Gasteiger partial charge in [-0.3, -0.25) is 19.4 Å². The van der Waals surface area contributed by atoms with Gasteiger partial charge in [0.1, 0.15) is 18.8 Å². The van der Waals surface area contributed by atoms with Gasteiger partial charge in [-0.1, -0.05) is 30.3 Å². The fourth-order valence-corrected chi connectivity index (χ4v) is 2.75. The highest BCUT2D eigenvalue weighted by molar-refractivity contribution is 5.95. The molecule has 0 atom stereocenters. The van der Waals surface area contributed by atoms with Crippen LogP contribution in [0.1, 0.15) is 27.4 Å². The molecule has 2 aromatic heterocycles. The van der Waals surface area contributed by atoms with Crippen LogP contribution in [0.4, 0.5) is 0 Å². The van der Waals surface area contributed by atoms with E-state index in [2.05, 4.69) is 20.6 Å². The molecule has 0 spiro atoms. The van der Waals surface area contributed by atoms with Gasteiger partial charge < -0.3 is 10.1 Å². The van der Waals surface area contributed by atoms with Gasteiger partial charge in [-0.2, -0.15) is 10.2 Å². The lowest BCUT2D eigenvalue weighted by Gasteiger charge is -2.05. The fourth-order valence-electron chi connectivity index (χ4n) is 2.75. The Hall–Kier alpha value is -3.42. The Balaban J connectivity index is 1.56. The number of nitrogens with one attached hydrogen (secondary N) is 2. The summed E-state index contributed by atoms with van der Waals surface area (Å²) in [6.07, 6.45) is 0. The molecular weight excluding hydrogens is 346 g/mol. The number of ether oxygens (including phenoxy) is 1. The highest BCUT2D eigenvalue weighted by Gasteiger charge is 2.17. The number of carbonyl (C=O) groups excluding carboxylic acids is 2. The quantitative estimate of drug-likeness (QED) is 0.648. The maximum atomic E-state index is 12.2. The molecule has 8 nitrogen and oxygen atoms in total. The van der Waals surface area contributed by atoms with Crippen molar-refractivity contribution < 1.29 is 14.3 Å². The van der Waals surface area contributed by atoms with Crippen molar-refractivity contribution in [1.82, 2.24) is 25.3 Å². The van der Waals surface area contributed by atoms with Crippen molar-refractivity contribution >= 4 is 11.9 Å². The van der Waals surface area contributed by atoms with Crippen molar-refractivity contribution in [3.63, 3.8) is 0 Å². The van der Waals surface area contributed by atoms with Crippen LogP contribution in [0.2, 0.25) is 0 Å². The van der Waals surface area contributed by atoms with Crippen LogP contribution in [0.15, 0.2) is 36.4 Å². The van der Waals surface area contributed by atoms with Crippen LogP contribution in [-0.2, 0) is 23.2 Å². The average Bonchev–Trinajstić information content (AvgIpc) is 3.23. The molecule has 1 aromatic carbocycles. The van der Waals surface area contributed by atoms with Crippen LogP contribution in [0.25, 0.3) is 11.3 Å². The number of amides is 1. The number of H-pyrrole nitrogens is 1. The van der Waals surface area contributed by atoms with Crippen LogP contribution in [0.3, 0.4) is 0 Å². The van der Waals surface area contributed by atoms with Gasteiger partial charge in [0, 0.05) is 18.3 Å². The number of aromatic amines is 1. The third-order valence-electron chi connectivity index (χ3n) is 4.22. The molecule has 140 valence electrons. The van der Waals surface area contributed by atoms with Crippen LogP contribution in [0, 0.1) is 13.8 Å². The minimum absolute atomic E-state index is 0.170. The average molecular weight is 367 g/mol. The van der Waals surface area contributed by atoms with E-state index < -0.39 is 11.9 Å². The number of nitrogens with zero attached hydrogens (tertiary/aromatic N) is 3. The molecule has 0 aliphatic heterocycles. The topological polar surface area (TPSA) is 102 Å². The molecule has 0 unspecified atom stereocenters. The van der Waals surface area contributed by atoms with E-state index >= 15 is 0 Å². The predicted molar refractivity (Wildman–Crippen MR) is 98.8 cm³/mol. The van der Waals surface area contributed by atoms with Crippen LogP contribution in [-0.4, -0.2) is 38.4 Å². The van der Waals surface area contributed by atoms with Crippen molar-refractivity contribution in [2.24, 2.45) is 7.05 Å². The van der Waals surface area contributed by atoms with Gasteiger partial charge in [-0.05, 0) is 25.5 Å². The number of carbonyl (C=O) groups is 2. The number of benzene rings is 1. The summed E-state index contributed by atoms with van der Waals surface area (Å²) in [4.78, 5) is 24.0. The molecule has 0 radical (unpaired) electrons. The first-order valence-electron chi connectivity index (χ1n) is 8.49. The van der Waals surface area contributed by atoms with Gasteiger partial charge in [0.05, 0.1) is 11.4 Å². The van der Waals surface area contributed by atoms with Crippen molar-refractivity contribution in [2.45, 2.75) is 20.5 Å². The second-order valence-corrected chi connectivity index (χ2v) is 6.17. The van der Waals surface area contributed by atoms with Crippen LogP contribution < -0.4 is 5.32 Å². The molecule has 0 aliphatic rings. The fraction of sp³-hybridized carbons (Fsp3) is 0.263. The second kappa shape index (κ2) is 7.86. The maximum Gasteiger partial charge on any atom is 0.325 e. The first-order valence-corrected chi connectivity index (χ1v) is 8.49. The van der Waals surface area contributed by atoms with Gasteiger partial charge >= 0.3 is 5.97 Å². The van der Waals surface area contributed by atoms with Crippen molar-refractivity contribution in [3.05, 3.63) is 59.0 Å². The molecule has 2 heterocycles. The number of aryl methyl sites for hydroxylation is 2. The standard InChI is InChI=1S/C19H21N5O3/c1-12-18(13(2)24(3)23-12)15-9-16(22-21-15)19(26)20-10-17(25)27-11-14-7-5-4-6-8-14/h4-9H,10-11H2,1-3H3,(H,20,26)(H,21,22). The Bertz CT molecular complexity index is 959. The van der Waals surface area contributed by atoms with E-state index in [4.69, 9.17) is 4.74 Å². The molecule has 3 aromatic rings. The number of aromatic nitrogens is 4. The zero-order chi connectivity index (χ0) is 19.4. The molecule has 27 heavy (non-hydrogen) atoms. The molecule has 0 saturated carbocycles. The number of hydrogen-bond acceptors (Lipinski definition) is 5. The number of hydrogen-bond donors (Lipinski definition) is 2. The Labute approximate surface area is 156 Å². The molecule has 0 fully saturated rings. The number of esters is 1. The molecule has 1 amide bonds. The van der Waals surface area contributed by atoms with Crippen LogP contribution >= 0.6 is 0 Å². The molecule has 8 heteroatoms. The summed E-state index contributed by atoms with van der Waals surface area (Å²) in [6.45, 7) is 3.78. The summed E-state index contributed by atoms with van der Waals surface area (Å²) >= 11 is 0. The van der Waals surface area contributed by atoms with Crippen molar-refractivity contribution in [1.29, 1.82) is 0 Å². The first kappa shape index (κ1) is 18.4. The zero-order valence-electron chi connectivity index (χ0n) is 15.4. The van der Waals surface area contributed by atoms with Gasteiger partial charge in [-0.25, -0.2) is 0 Å². The normalized spacial score (nSPS) is 10.6. The van der Waals surface area contributed by atoms with Crippen molar-refractivity contribution in [3.8, 4) is 11.3 Å². The van der Waals surface area contributed by atoms with Gasteiger partial charge in [0.2, 0.25) is 0 Å². The second-order valence-electron chi connectivity index (χ2n) is 6.17. The highest BCUT2D eigenvalue weighted by atomic mass is 16.5. The van der Waals surface area contributed by atoms with Gasteiger partial charge in [0.25, 0.3) is 5.91 Å². The number of rotatable bonds is 6. The third kappa shape index (κ3) is 4.22. The highest BCUT2D eigenvalue weighted by Crippen LogP contribution is 2.25. The predicted octanol–water partition coefficient (Wildman–Crippen LogP) is 1.90. The molecular formula is C19H21N5O3. The van der Waals surface area contributed by atoms with E-state index in [-0.39, 0.29) is 18.8 Å². The summed E-state index contributed by atoms with van der Waals surface area (Å²) in [5, 5.41) is 13.8. The van der Waals surface area contributed by atoms with E-state index in [1.807, 2.05) is 51.2 Å². The van der Waals surface area contributed by atoms with E-state index in [1.54, 1.807) is 10.7 Å². The lowest BCUT2D eigenvalue weighted by molar-refractivity contribution is -0.143. The lowest BCUT2D eigenvalue weighted by atomic mass is 10.1.